The van der Waals surface area contributed by atoms with Crippen LogP contribution >= 0.6 is 0 Å². The Labute approximate surface area is 170 Å². The van der Waals surface area contributed by atoms with E-state index in [-0.39, 0.29) is 24.0 Å². The van der Waals surface area contributed by atoms with E-state index in [0.717, 1.165) is 16.5 Å². The Morgan fingerprint density at radius 1 is 1.21 bits per heavy atom. The molecular formula is C21H23N3O4S. The first-order valence-corrected chi connectivity index (χ1v) is 11.0. The lowest BCUT2D eigenvalue weighted by molar-refractivity contribution is -0.151. The van der Waals surface area contributed by atoms with Crippen molar-refractivity contribution >= 4 is 26.8 Å². The van der Waals surface area contributed by atoms with Gasteiger partial charge in [0, 0.05) is 20.1 Å². The molecule has 0 bridgehead atoms. The molecule has 152 valence electrons. The maximum Gasteiger partial charge on any atom is 0.310 e. The number of carbonyl (C=O) groups is 1. The number of aryl methyl sites for hydroxylation is 1. The zero-order chi connectivity index (χ0) is 20.4. The van der Waals surface area contributed by atoms with Crippen LogP contribution in [0.25, 0.3) is 10.8 Å². The largest absolute Gasteiger partial charge is 0.459 e. The van der Waals surface area contributed by atoms with Crippen molar-refractivity contribution < 1.29 is 17.9 Å². The molecule has 29 heavy (non-hydrogen) atoms. The quantitative estimate of drug-likeness (QED) is 0.601. The Hall–Kier alpha value is -2.71. The normalized spacial score (nSPS) is 18.0. The van der Waals surface area contributed by atoms with Crippen molar-refractivity contribution in [2.24, 2.45) is 13.0 Å². The molecule has 0 aliphatic carbocycles. The monoisotopic (exact) mass is 413 g/mol. The summed E-state index contributed by atoms with van der Waals surface area (Å²) >= 11 is 0. The summed E-state index contributed by atoms with van der Waals surface area (Å²) in [6, 6.07) is 12.8. The number of aromatic nitrogens is 2. The van der Waals surface area contributed by atoms with Crippen molar-refractivity contribution in [1.82, 2.24) is 13.9 Å². The van der Waals surface area contributed by atoms with E-state index >= 15 is 0 Å². The molecule has 7 nitrogen and oxygen atoms in total. The Morgan fingerprint density at radius 3 is 2.76 bits per heavy atom. The molecule has 0 spiro atoms. The number of hydrogen-bond acceptors (Lipinski definition) is 5. The SMILES string of the molecule is Cn1cncc1COC(=O)C1CCCN(S(=O)(=O)c2ccc3ccccc3c2)C1. The summed E-state index contributed by atoms with van der Waals surface area (Å²) in [5.41, 5.74) is 0.787. The number of ether oxygens (including phenoxy) is 1. The molecule has 1 aliphatic heterocycles. The number of rotatable bonds is 5. The smallest absolute Gasteiger partial charge is 0.310 e. The minimum absolute atomic E-state index is 0.128. The standard InChI is InChI=1S/C21H23N3O4S/c1-23-15-22-12-19(23)14-28-21(25)18-7-4-10-24(13-18)29(26,27)20-9-8-16-5-2-3-6-17(16)11-20/h2-3,5-6,8-9,11-12,15,18H,4,7,10,13-14H2,1H3. The van der Waals surface area contributed by atoms with Gasteiger partial charge in [-0.3, -0.25) is 4.79 Å². The lowest BCUT2D eigenvalue weighted by Crippen LogP contribution is -2.42. The van der Waals surface area contributed by atoms with Crippen molar-refractivity contribution in [2.75, 3.05) is 13.1 Å². The van der Waals surface area contributed by atoms with Gasteiger partial charge in [0.05, 0.1) is 29.0 Å². The van der Waals surface area contributed by atoms with Crippen LogP contribution in [0.15, 0.2) is 59.9 Å². The molecule has 2 heterocycles. The highest BCUT2D eigenvalue weighted by atomic mass is 32.2. The fourth-order valence-electron chi connectivity index (χ4n) is 3.62. The van der Waals surface area contributed by atoms with E-state index in [1.165, 1.54) is 4.31 Å². The second kappa shape index (κ2) is 7.96. The van der Waals surface area contributed by atoms with Crippen molar-refractivity contribution in [1.29, 1.82) is 0 Å². The molecule has 0 N–H and O–H groups in total. The van der Waals surface area contributed by atoms with Crippen molar-refractivity contribution in [2.45, 2.75) is 24.3 Å². The maximum atomic E-state index is 13.2. The third-order valence-electron chi connectivity index (χ3n) is 5.35. The summed E-state index contributed by atoms with van der Waals surface area (Å²) in [5.74, 6) is -0.836. The zero-order valence-corrected chi connectivity index (χ0v) is 17.0. The first-order chi connectivity index (χ1) is 13.9. The Morgan fingerprint density at radius 2 is 2.00 bits per heavy atom. The molecule has 2 aromatic carbocycles. The third kappa shape index (κ3) is 4.04. The molecule has 3 aromatic rings. The second-order valence-corrected chi connectivity index (χ2v) is 9.25. The van der Waals surface area contributed by atoms with Crippen molar-refractivity contribution in [3.05, 3.63) is 60.7 Å². The van der Waals surface area contributed by atoms with Gasteiger partial charge in [-0.25, -0.2) is 13.4 Å². The highest BCUT2D eigenvalue weighted by Gasteiger charge is 2.34. The molecule has 1 saturated heterocycles. The van der Waals surface area contributed by atoms with Crippen LogP contribution in [0, 0.1) is 5.92 Å². The molecule has 1 aromatic heterocycles. The average molecular weight is 413 g/mol. The number of benzene rings is 2. The number of fused-ring (bicyclic) bond motifs is 1. The van der Waals surface area contributed by atoms with Crippen LogP contribution < -0.4 is 0 Å². The predicted octanol–water partition coefficient (Wildman–Crippen LogP) is 2.72. The lowest BCUT2D eigenvalue weighted by Gasteiger charge is -2.30. The number of nitrogens with zero attached hydrogens (tertiary/aromatic N) is 3. The van der Waals surface area contributed by atoms with E-state index in [1.54, 1.807) is 29.2 Å². The van der Waals surface area contributed by atoms with Crippen LogP contribution in [0.4, 0.5) is 0 Å². The third-order valence-corrected chi connectivity index (χ3v) is 7.22. The van der Waals surface area contributed by atoms with Crippen LogP contribution in [-0.4, -0.2) is 41.3 Å². The summed E-state index contributed by atoms with van der Waals surface area (Å²) < 4.78 is 34.9. The molecule has 1 atom stereocenters. The molecule has 0 amide bonds. The second-order valence-electron chi connectivity index (χ2n) is 7.31. The number of piperidine rings is 1. The van der Waals surface area contributed by atoms with E-state index in [9.17, 15) is 13.2 Å². The molecule has 1 aliphatic rings. The first-order valence-electron chi connectivity index (χ1n) is 9.56. The minimum Gasteiger partial charge on any atom is -0.459 e. The summed E-state index contributed by atoms with van der Waals surface area (Å²) in [7, 11) is -1.85. The first kappa shape index (κ1) is 19.6. The summed E-state index contributed by atoms with van der Waals surface area (Å²) in [6.07, 6.45) is 4.53. The lowest BCUT2D eigenvalue weighted by atomic mass is 10.00. The number of hydrogen-bond donors (Lipinski definition) is 0. The van der Waals surface area contributed by atoms with E-state index in [1.807, 2.05) is 37.4 Å². The van der Waals surface area contributed by atoms with Crippen molar-refractivity contribution in [3.63, 3.8) is 0 Å². The Balaban J connectivity index is 1.47. The van der Waals surface area contributed by atoms with Gasteiger partial charge >= 0.3 is 5.97 Å². The van der Waals surface area contributed by atoms with Crippen LogP contribution in [0.3, 0.4) is 0 Å². The topological polar surface area (TPSA) is 81.5 Å². The Bertz CT molecular complexity index is 1140. The fraction of sp³-hybridized carbons (Fsp3) is 0.333. The number of esters is 1. The maximum absolute atomic E-state index is 13.2. The van der Waals surface area contributed by atoms with Gasteiger partial charge in [-0.2, -0.15) is 4.31 Å². The summed E-state index contributed by atoms with van der Waals surface area (Å²) in [5, 5.41) is 1.86. The van der Waals surface area contributed by atoms with Crippen LogP contribution in [0.1, 0.15) is 18.5 Å². The van der Waals surface area contributed by atoms with Gasteiger partial charge in [-0.15, -0.1) is 0 Å². The van der Waals surface area contributed by atoms with Gasteiger partial charge in [0.15, 0.2) is 0 Å². The molecular weight excluding hydrogens is 390 g/mol. The minimum atomic E-state index is -3.67. The van der Waals surface area contributed by atoms with E-state index in [0.29, 0.717) is 19.4 Å². The summed E-state index contributed by atoms with van der Waals surface area (Å²) in [6.45, 7) is 0.670. The number of carbonyl (C=O) groups excluding carboxylic acids is 1. The van der Waals surface area contributed by atoms with Gasteiger partial charge in [0.25, 0.3) is 0 Å². The predicted molar refractivity (Wildman–Crippen MR) is 108 cm³/mol. The molecule has 8 heteroatoms. The molecule has 1 unspecified atom stereocenters. The van der Waals surface area contributed by atoms with E-state index in [4.69, 9.17) is 4.74 Å². The highest BCUT2D eigenvalue weighted by Crippen LogP contribution is 2.27. The van der Waals surface area contributed by atoms with Crippen LogP contribution in [-0.2, 0) is 33.2 Å². The van der Waals surface area contributed by atoms with Gasteiger partial charge < -0.3 is 9.30 Å². The molecule has 1 fully saturated rings. The zero-order valence-electron chi connectivity index (χ0n) is 16.2. The van der Waals surface area contributed by atoms with Gasteiger partial charge in [-0.1, -0.05) is 30.3 Å². The Kier molecular flexibility index (Phi) is 5.38. The van der Waals surface area contributed by atoms with Gasteiger partial charge in [-0.05, 0) is 35.7 Å². The average Bonchev–Trinajstić information content (AvgIpc) is 3.16. The van der Waals surface area contributed by atoms with E-state index in [2.05, 4.69) is 4.98 Å². The van der Waals surface area contributed by atoms with Crippen LogP contribution in [0.5, 0.6) is 0 Å². The van der Waals surface area contributed by atoms with Crippen molar-refractivity contribution in [3.8, 4) is 0 Å². The van der Waals surface area contributed by atoms with E-state index < -0.39 is 15.9 Å². The number of sulfonamides is 1. The molecule has 0 saturated carbocycles. The van der Waals surface area contributed by atoms with Gasteiger partial charge in [0.2, 0.25) is 10.0 Å². The van der Waals surface area contributed by atoms with Gasteiger partial charge in [0.1, 0.15) is 6.61 Å². The fourth-order valence-corrected chi connectivity index (χ4v) is 5.18. The highest BCUT2D eigenvalue weighted by molar-refractivity contribution is 7.89. The molecule has 4 rings (SSSR count). The van der Waals surface area contributed by atoms with Crippen LogP contribution in [0.2, 0.25) is 0 Å². The summed E-state index contributed by atoms with van der Waals surface area (Å²) in [4.78, 5) is 16.8. The number of imidazole rings is 1. The molecule has 0 radical (unpaired) electrons.